The fraction of sp³-hybridized carbons (Fsp3) is 0.612. The van der Waals surface area contributed by atoms with Crippen LogP contribution in [0.2, 0.25) is 0 Å². The third kappa shape index (κ3) is 21.0. The molecule has 4 rings (SSSR count). The molecule has 0 bridgehead atoms. The molecular formula is C49H73N11O12. The van der Waals surface area contributed by atoms with Crippen LogP contribution in [0, 0.1) is 0 Å². The van der Waals surface area contributed by atoms with Gasteiger partial charge in [0.25, 0.3) is 11.5 Å². The van der Waals surface area contributed by atoms with Crippen molar-refractivity contribution in [3.8, 4) is 0 Å². The lowest BCUT2D eigenvalue weighted by molar-refractivity contribution is -0.163. The number of carbonyl (C=O) groups is 7. The summed E-state index contributed by atoms with van der Waals surface area (Å²) in [5.74, 6) is -3.96. The van der Waals surface area contributed by atoms with E-state index in [1.807, 2.05) is 14.7 Å². The lowest BCUT2D eigenvalue weighted by atomic mass is 10.0. The first-order valence-corrected chi connectivity index (χ1v) is 24.2. The fourth-order valence-electron chi connectivity index (χ4n) is 7.50. The van der Waals surface area contributed by atoms with E-state index in [4.69, 9.17) is 19.9 Å². The number of aromatic amines is 1. The molecule has 2 aromatic heterocycles. The molecule has 396 valence electrons. The van der Waals surface area contributed by atoms with Crippen molar-refractivity contribution < 1.29 is 52.9 Å². The topological polar surface area (TPSA) is 311 Å². The van der Waals surface area contributed by atoms with Gasteiger partial charge in [0.15, 0.2) is 11.2 Å². The Labute approximate surface area is 419 Å². The van der Waals surface area contributed by atoms with Crippen molar-refractivity contribution in [3.05, 3.63) is 52.1 Å². The minimum absolute atomic E-state index is 0.00177. The van der Waals surface area contributed by atoms with Crippen LogP contribution in [0.1, 0.15) is 117 Å². The Hall–Kier alpha value is -6.59. The summed E-state index contributed by atoms with van der Waals surface area (Å²) >= 11 is 0. The molecule has 0 radical (unpaired) electrons. The third-order valence-corrected chi connectivity index (χ3v) is 10.8. The van der Waals surface area contributed by atoms with Gasteiger partial charge in [0.1, 0.15) is 34.7 Å². The number of Topliss-reactive ketones (excluding diaryl/α,β-unsaturated/α-hetero) is 1. The van der Waals surface area contributed by atoms with Gasteiger partial charge in [-0.05, 0) is 106 Å². The van der Waals surface area contributed by atoms with Crippen molar-refractivity contribution in [1.82, 2.24) is 45.3 Å². The largest absolute Gasteiger partial charge is 0.480 e. The molecule has 1 aliphatic rings. The van der Waals surface area contributed by atoms with E-state index in [1.54, 1.807) is 74.4 Å². The predicted molar refractivity (Wildman–Crippen MR) is 267 cm³/mol. The van der Waals surface area contributed by atoms with Gasteiger partial charge >= 0.3 is 23.9 Å². The first-order chi connectivity index (χ1) is 33.6. The van der Waals surface area contributed by atoms with Gasteiger partial charge < -0.3 is 41.0 Å². The monoisotopic (exact) mass is 1010 g/mol. The van der Waals surface area contributed by atoms with E-state index in [0.717, 1.165) is 0 Å². The average Bonchev–Trinajstić information content (AvgIpc) is 3.34. The minimum atomic E-state index is -1.36. The number of nitrogens with zero attached hydrogens (tertiary/aromatic N) is 6. The normalized spacial score (nSPS) is 15.2. The van der Waals surface area contributed by atoms with Crippen molar-refractivity contribution >= 4 is 64.3 Å². The van der Waals surface area contributed by atoms with Gasteiger partial charge in [-0.2, -0.15) is 4.98 Å². The van der Waals surface area contributed by atoms with Gasteiger partial charge in [-0.3, -0.25) is 53.2 Å². The molecule has 1 fully saturated rings. The quantitative estimate of drug-likeness (QED) is 0.0478. The molecule has 23 nitrogen and oxygen atoms in total. The number of carbonyl (C=O) groups excluding carboxylic acids is 6. The molecule has 2 amide bonds. The number of carboxylic acids is 1. The van der Waals surface area contributed by atoms with Crippen LogP contribution in [0.4, 0.5) is 11.6 Å². The lowest BCUT2D eigenvalue weighted by Crippen LogP contribution is -2.49. The predicted octanol–water partition coefficient (Wildman–Crippen LogP) is 2.43. The molecule has 1 aliphatic heterocycles. The number of benzene rings is 1. The summed E-state index contributed by atoms with van der Waals surface area (Å²) in [4.78, 5) is 123. The van der Waals surface area contributed by atoms with E-state index in [1.165, 1.54) is 18.3 Å². The highest BCUT2D eigenvalue weighted by Crippen LogP contribution is 2.19. The Bertz CT molecular complexity index is 2380. The van der Waals surface area contributed by atoms with Crippen LogP contribution in [0.3, 0.4) is 0 Å². The number of nitrogens with one attached hydrogen (secondary N) is 4. The Kier molecular flexibility index (Phi) is 21.1. The maximum atomic E-state index is 13.8. The highest BCUT2D eigenvalue weighted by molar-refractivity contribution is 5.97. The number of esters is 3. The number of hydrogen-bond acceptors (Lipinski definition) is 19. The fourth-order valence-corrected chi connectivity index (χ4v) is 7.50. The molecule has 0 aliphatic carbocycles. The number of nitrogens with two attached hydrogens (primary N) is 1. The van der Waals surface area contributed by atoms with Crippen LogP contribution in [0.15, 0.2) is 35.3 Å². The number of rotatable bonds is 22. The number of anilines is 2. The molecule has 1 unspecified atom stereocenters. The molecule has 7 N–H and O–H groups in total. The number of aliphatic carboxylic acids is 1. The van der Waals surface area contributed by atoms with E-state index >= 15 is 0 Å². The highest BCUT2D eigenvalue weighted by Gasteiger charge is 2.33. The molecule has 3 aromatic rings. The van der Waals surface area contributed by atoms with E-state index in [2.05, 4.69) is 35.9 Å². The van der Waals surface area contributed by atoms with Crippen LogP contribution >= 0.6 is 0 Å². The van der Waals surface area contributed by atoms with Gasteiger partial charge in [0, 0.05) is 76.3 Å². The van der Waals surface area contributed by atoms with E-state index < -0.39 is 70.1 Å². The van der Waals surface area contributed by atoms with Gasteiger partial charge in [0.05, 0.1) is 31.5 Å². The zero-order valence-electron chi connectivity index (χ0n) is 43.1. The maximum Gasteiger partial charge on any atom is 0.326 e. The third-order valence-electron chi connectivity index (χ3n) is 10.8. The van der Waals surface area contributed by atoms with Crippen LogP contribution in [-0.4, -0.2) is 169 Å². The zero-order chi connectivity index (χ0) is 53.4. The van der Waals surface area contributed by atoms with Crippen LogP contribution in [0.25, 0.3) is 11.2 Å². The Morgan fingerprint density at radius 2 is 1.33 bits per heavy atom. The molecular weight excluding hydrogens is 935 g/mol. The SMILES string of the molecule is CC(C)(C)OC(=O)CN1CCN(CC(=O)OC(C)(C)C)CCN(C(CCC(=O)CCCNC(=O)CC[C@H](NC(=O)c2ccc(NCc3cnc4nc(N)[nH]c(=O)c4n3)cc2)C(=O)O)C(=O)OC(C)(C)C)CC1. The molecule has 2 atom stereocenters. The Morgan fingerprint density at radius 3 is 1.89 bits per heavy atom. The maximum absolute atomic E-state index is 13.8. The number of carboxylic acid groups (broad SMARTS) is 1. The van der Waals surface area contributed by atoms with Crippen molar-refractivity contribution in [1.29, 1.82) is 0 Å². The minimum Gasteiger partial charge on any atom is -0.480 e. The van der Waals surface area contributed by atoms with E-state index in [0.29, 0.717) is 50.6 Å². The summed E-state index contributed by atoms with van der Waals surface area (Å²) in [6.45, 7) is 18.8. The second-order valence-electron chi connectivity index (χ2n) is 20.7. The molecule has 0 spiro atoms. The number of nitrogen functional groups attached to an aromatic ring is 1. The summed E-state index contributed by atoms with van der Waals surface area (Å²) in [6, 6.07) is 4.02. The molecule has 0 saturated carbocycles. The number of fused-ring (bicyclic) bond motifs is 1. The first-order valence-electron chi connectivity index (χ1n) is 24.2. The van der Waals surface area contributed by atoms with Gasteiger partial charge in [-0.1, -0.05) is 0 Å². The van der Waals surface area contributed by atoms with Crippen molar-refractivity contribution in [2.75, 3.05) is 70.0 Å². The van der Waals surface area contributed by atoms with Gasteiger partial charge in [-0.15, -0.1) is 0 Å². The smallest absolute Gasteiger partial charge is 0.326 e. The molecule has 1 aromatic carbocycles. The lowest BCUT2D eigenvalue weighted by Gasteiger charge is -2.33. The van der Waals surface area contributed by atoms with Crippen LogP contribution < -0.4 is 27.2 Å². The number of H-pyrrole nitrogens is 1. The van der Waals surface area contributed by atoms with Crippen molar-refractivity contribution in [3.63, 3.8) is 0 Å². The molecule has 3 heterocycles. The van der Waals surface area contributed by atoms with Crippen LogP contribution in [0.5, 0.6) is 0 Å². The highest BCUT2D eigenvalue weighted by atomic mass is 16.6. The van der Waals surface area contributed by atoms with Gasteiger partial charge in [-0.25, -0.2) is 14.8 Å². The number of amides is 2. The zero-order valence-corrected chi connectivity index (χ0v) is 43.1. The summed E-state index contributed by atoms with van der Waals surface area (Å²) in [6.07, 6.45) is 1.61. The summed E-state index contributed by atoms with van der Waals surface area (Å²) < 4.78 is 17.0. The van der Waals surface area contributed by atoms with E-state index in [9.17, 15) is 43.5 Å². The van der Waals surface area contributed by atoms with Crippen molar-refractivity contribution in [2.24, 2.45) is 0 Å². The number of ether oxygens (including phenoxy) is 3. The van der Waals surface area contributed by atoms with Crippen LogP contribution in [-0.2, 0) is 49.5 Å². The second kappa shape index (κ2) is 26.2. The number of aromatic nitrogens is 4. The molecule has 72 heavy (non-hydrogen) atoms. The average molecular weight is 1010 g/mol. The van der Waals surface area contributed by atoms with E-state index in [-0.39, 0.29) is 93.2 Å². The Morgan fingerprint density at radius 1 is 0.764 bits per heavy atom. The summed E-state index contributed by atoms with van der Waals surface area (Å²) in [7, 11) is 0. The number of hydrogen-bond donors (Lipinski definition) is 6. The van der Waals surface area contributed by atoms with Gasteiger partial charge in [0.2, 0.25) is 11.9 Å². The Balaban J connectivity index is 1.27. The van der Waals surface area contributed by atoms with Crippen molar-refractivity contribution in [2.45, 2.75) is 136 Å². The second-order valence-corrected chi connectivity index (χ2v) is 20.7. The summed E-state index contributed by atoms with van der Waals surface area (Å²) in [5.41, 5.74) is 4.22. The molecule has 1 saturated heterocycles. The summed E-state index contributed by atoms with van der Waals surface area (Å²) in [5, 5.41) is 18.1. The molecule has 23 heteroatoms. The first kappa shape index (κ1) is 58.0. The standard InChI is InChI=1S/C49H73N11O12/c1-47(2,3)70-38(63)29-58-21-22-59(30-39(64)71-48(4,5)6)24-26-60(25-23-58)36(45(69)72-49(7,8)9)18-16-34(61)11-10-20-51-37(62)19-17-35(44(67)68)55-42(65)31-12-14-32(15-13-31)52-27-33-28-53-41-40(54-33)43(66)57-46(50)56-41/h12-15,28,35-36,52H,10-11,16-27,29-30H2,1-9H3,(H,51,62)(H,55,65)(H,67,68)(H3,50,53,56,57,66)/t35-,36?/m0/s1. The number of ketones is 1.